The Labute approximate surface area is 581 Å². The fourth-order valence-corrected chi connectivity index (χ4v) is 12.7. The van der Waals surface area contributed by atoms with Crippen molar-refractivity contribution in [2.45, 2.75) is 361 Å². The number of ketones is 2. The predicted molar refractivity (Wildman–Crippen MR) is 386 cm³/mol. The number of carbonyl (C=O) groups excluding carboxylic acids is 4. The second-order valence-electron chi connectivity index (χ2n) is 29.2. The summed E-state index contributed by atoms with van der Waals surface area (Å²) in [5.41, 5.74) is 78.0. The number of primary amides is 2. The van der Waals surface area contributed by atoms with Crippen LogP contribution in [0.15, 0.2) is 17.1 Å². The smallest absolute Gasteiger partial charge is 0.314 e. The van der Waals surface area contributed by atoms with Gasteiger partial charge in [-0.2, -0.15) is 0 Å². The van der Waals surface area contributed by atoms with E-state index in [1.165, 1.54) is 57.9 Å². The lowest BCUT2D eigenvalue weighted by molar-refractivity contribution is -0.123. The molecule has 7 unspecified atom stereocenters. The van der Waals surface area contributed by atoms with Crippen LogP contribution in [0.4, 0.5) is 18.0 Å². The normalized spacial score (nSPS) is 31.6. The maximum Gasteiger partial charge on any atom is 0.314 e. The molecule has 11 aliphatic rings. The van der Waals surface area contributed by atoms with E-state index in [1.54, 1.807) is 11.0 Å². The number of nitrogens with two attached hydrogens (primary N) is 14. The average Bonchev–Trinajstić information content (AvgIpc) is 2.93. The zero-order chi connectivity index (χ0) is 72.7. The van der Waals surface area contributed by atoms with E-state index < -0.39 is 5.92 Å². The number of urea groups is 1. The monoisotopic (exact) mass is 1390 g/mol. The number of rotatable bonds is 6. The summed E-state index contributed by atoms with van der Waals surface area (Å²) < 4.78 is 36.8. The average molecular weight is 1390 g/mol. The van der Waals surface area contributed by atoms with Crippen LogP contribution in [-0.2, 0) is 14.4 Å². The number of hydrogen-bond acceptors (Lipinski definition) is 21. The molecular weight excluding hydrogens is 1250 g/mol. The molecule has 10 aliphatic carbocycles. The molecule has 11 rings (SSSR count). The topological polar surface area (TPSA) is 521 Å². The number of nitrogens with one attached hydrogen (secondary N) is 1. The molecule has 0 aromatic heterocycles. The van der Waals surface area contributed by atoms with Crippen LogP contribution in [0.3, 0.4) is 0 Å². The van der Waals surface area contributed by atoms with E-state index in [2.05, 4.69) is 17.4 Å². The number of likely N-dealkylation sites (tertiary alicyclic amines) is 1. The molecule has 24 nitrogen and oxygen atoms in total. The summed E-state index contributed by atoms with van der Waals surface area (Å²) in [4.78, 5) is 43.8. The second-order valence-corrected chi connectivity index (χ2v) is 29.2. The van der Waals surface area contributed by atoms with Crippen molar-refractivity contribution < 1.29 is 47.8 Å². The van der Waals surface area contributed by atoms with Crippen molar-refractivity contribution in [3.05, 3.63) is 11.9 Å². The third-order valence-electron chi connectivity index (χ3n) is 19.9. The number of amides is 3. The molecule has 0 spiro atoms. The van der Waals surface area contributed by atoms with Gasteiger partial charge in [0.15, 0.2) is 0 Å². The van der Waals surface area contributed by atoms with E-state index >= 15 is 0 Å². The highest BCUT2D eigenvalue weighted by atomic mass is 19.3. The van der Waals surface area contributed by atoms with Crippen molar-refractivity contribution in [2.24, 2.45) is 97.3 Å². The molecule has 0 aromatic carbocycles. The minimum absolute atomic E-state index is 0.00620. The van der Waals surface area contributed by atoms with Crippen LogP contribution in [0.25, 0.3) is 0 Å². The van der Waals surface area contributed by atoms with Gasteiger partial charge in [0.1, 0.15) is 11.6 Å². The number of carbonyl (C=O) groups is 4. The van der Waals surface area contributed by atoms with E-state index in [0.717, 1.165) is 172 Å². The Morgan fingerprint density at radius 2 is 1.04 bits per heavy atom. The van der Waals surface area contributed by atoms with Crippen LogP contribution in [0, 0.1) is 11.8 Å². The third kappa shape index (κ3) is 48.9. The summed E-state index contributed by atoms with van der Waals surface area (Å²) >= 11 is 0. The first-order valence-corrected chi connectivity index (χ1v) is 37.3. The number of aliphatic hydroxyl groups is 2. The zero-order valence-electron chi connectivity index (χ0n) is 59.7. The molecule has 27 heteroatoms. The van der Waals surface area contributed by atoms with Gasteiger partial charge in [0.2, 0.25) is 11.8 Å². The highest BCUT2D eigenvalue weighted by Gasteiger charge is 2.33. The maximum atomic E-state index is 12.3. The number of nitrogens with zero attached hydrogens (tertiary/aromatic N) is 2. The third-order valence-corrected chi connectivity index (χ3v) is 19.9. The second kappa shape index (κ2) is 54.2. The first kappa shape index (κ1) is 91.5. The van der Waals surface area contributed by atoms with E-state index in [9.17, 15) is 32.3 Å². The molecule has 0 aromatic rings. The minimum Gasteiger partial charge on any atom is -0.411 e. The Hall–Kier alpha value is -3.52. The summed E-state index contributed by atoms with van der Waals surface area (Å²) in [6, 6.07) is 3.58. The van der Waals surface area contributed by atoms with Gasteiger partial charge in [-0.3, -0.25) is 14.4 Å². The van der Waals surface area contributed by atoms with Gasteiger partial charge in [-0.05, 0) is 212 Å². The molecule has 97 heavy (non-hydrogen) atoms. The quantitative estimate of drug-likeness (QED) is 0.0847. The van der Waals surface area contributed by atoms with Crippen LogP contribution in [0.1, 0.15) is 270 Å². The number of oxime groups is 1. The molecular formula is C70H142F3N17O7. The zero-order valence-corrected chi connectivity index (χ0v) is 59.7. The highest BCUT2D eigenvalue weighted by Crippen LogP contribution is 2.32. The number of Topliss-reactive ketones (excluding diaryl/α,β-unsaturated/α-hetero) is 2. The Morgan fingerprint density at radius 1 is 0.557 bits per heavy atom. The van der Waals surface area contributed by atoms with Gasteiger partial charge >= 0.3 is 6.03 Å². The fraction of sp³-hybridized carbons (Fsp3) is 0.900. The van der Waals surface area contributed by atoms with Gasteiger partial charge in [0.05, 0.1) is 17.6 Å². The van der Waals surface area contributed by atoms with Crippen molar-refractivity contribution in [1.29, 1.82) is 0 Å². The first-order chi connectivity index (χ1) is 45.9. The number of allylic oxidation sites excluding steroid dienone is 1. The number of hydrogen-bond donors (Lipinski definition) is 18. The van der Waals surface area contributed by atoms with Crippen molar-refractivity contribution in [3.8, 4) is 0 Å². The van der Waals surface area contributed by atoms with Gasteiger partial charge in [-0.25, -0.2) is 18.0 Å². The van der Waals surface area contributed by atoms with E-state index in [0.29, 0.717) is 106 Å². The summed E-state index contributed by atoms with van der Waals surface area (Å²) in [5, 5.41) is 32.6. The lowest BCUT2D eigenvalue weighted by Crippen LogP contribution is -2.43. The van der Waals surface area contributed by atoms with Crippen LogP contribution in [0.2, 0.25) is 0 Å². The lowest BCUT2D eigenvalue weighted by atomic mass is 9.86. The van der Waals surface area contributed by atoms with Crippen molar-refractivity contribution in [3.63, 3.8) is 0 Å². The number of aliphatic hydroxyl groups excluding tert-OH is 2. The van der Waals surface area contributed by atoms with Crippen molar-refractivity contribution in [2.75, 3.05) is 26.2 Å². The largest absolute Gasteiger partial charge is 0.411 e. The fourth-order valence-electron chi connectivity index (χ4n) is 12.7. The molecule has 1 heterocycles. The minimum atomic E-state index is -2.42. The molecule has 7 atom stereocenters. The van der Waals surface area contributed by atoms with Crippen LogP contribution in [0.5, 0.6) is 0 Å². The van der Waals surface area contributed by atoms with E-state index in [4.69, 9.17) is 95.7 Å². The highest BCUT2D eigenvalue weighted by molar-refractivity contribution is 5.84. The lowest BCUT2D eigenvalue weighted by Gasteiger charge is -2.26. The van der Waals surface area contributed by atoms with Gasteiger partial charge in [0, 0.05) is 149 Å². The molecule has 1 saturated heterocycles. The van der Waals surface area contributed by atoms with Gasteiger partial charge in [-0.15, -0.1) is 0 Å². The van der Waals surface area contributed by atoms with E-state index in [-0.39, 0.29) is 84.9 Å². The molecule has 0 bridgehead atoms. The molecule has 3 amide bonds. The summed E-state index contributed by atoms with van der Waals surface area (Å²) in [6.45, 7) is 5.12. The number of unbranched alkanes of at least 4 members (excludes halogenated alkanes) is 1. The standard InChI is InChI=1S/C10H22N2.C7H14N2O.C7H15NO.C6H11F2N.C6H10FN.C6H12N2O.C6H14N2.2C6H11NO.C5H11N3O.C5H11NO/c1-2-3-8-12-10-6-4-9(11)5-7-10;8-6-3-1-5(2-4-6)7(9)10;8-7-3-1-6(5-9)2-4-7;7-6(8)3-1-5(9)2-4-6;7-5-1-3-6(8)4-2-5;7-5-1-3-6(8-9)4-2-5;7-5-3-1-2-4-6(5)8;7-5-1-3-6(8)4-2-5;7-5-2-1-3-6(8)4-5;6-4-1-2-8(3-4)5(7)9;6-4-1-2-5(7)3-4/h9-10,12H,2-8,11H2,1H3;5-6H,1-4,8H2,(H2,9,10);6-7,9H,1-5,8H2;5H,1-4,9H2;1,6H,2-4,8H2;5,9H,1-4,7H2;5-6H,1-4,7-8H2;2*5H,1-4,7H2;4H,1-3,6H2,(H2,7,9);4-5,7H,1-3,6H2. The van der Waals surface area contributed by atoms with E-state index in [1.807, 2.05) is 0 Å². The van der Waals surface area contributed by atoms with Crippen molar-refractivity contribution in [1.82, 2.24) is 10.2 Å². The van der Waals surface area contributed by atoms with Gasteiger partial charge in [0.25, 0.3) is 0 Å². The van der Waals surface area contributed by atoms with Crippen LogP contribution < -0.4 is 85.6 Å². The Bertz CT molecular complexity index is 2060. The molecule has 9 saturated carbocycles. The molecule has 1 aliphatic heterocycles. The molecule has 10 fully saturated rings. The number of alkyl halides is 2. The molecule has 570 valence electrons. The number of halogens is 3. The van der Waals surface area contributed by atoms with Crippen molar-refractivity contribution >= 4 is 29.2 Å². The maximum absolute atomic E-state index is 12.3. The molecule has 0 radical (unpaired) electrons. The van der Waals surface area contributed by atoms with Crippen LogP contribution >= 0.6 is 0 Å². The molecule has 32 N–H and O–H groups in total. The predicted octanol–water partition coefficient (Wildman–Crippen LogP) is 5.81. The summed E-state index contributed by atoms with van der Waals surface area (Å²) in [6.07, 6.45) is 38.9. The SMILES string of the molecule is CCCCNC1CCC(N)CC1.NC(=O)C1CCC(N)CC1.NC(=O)N1CCC(N)C1.NC1CC=C(F)CC1.NC1CCC(=NO)CC1.NC1CCC(=O)CC1.NC1CCC(CO)CC1.NC1CCC(F)(F)CC1.NC1CCC(O)C1.NC1CCCC(=O)C1.NC1CCCCC1N. The Morgan fingerprint density at radius 3 is 1.38 bits per heavy atom. The summed E-state index contributed by atoms with van der Waals surface area (Å²) in [5.74, 6) is -1.21. The first-order valence-electron chi connectivity index (χ1n) is 37.3. The van der Waals surface area contributed by atoms with Gasteiger partial charge in [-0.1, -0.05) is 37.4 Å². The van der Waals surface area contributed by atoms with Gasteiger partial charge < -0.3 is 106 Å². The Kier molecular flexibility index (Phi) is 51.1. The summed E-state index contributed by atoms with van der Waals surface area (Å²) in [7, 11) is 0. The Balaban J connectivity index is 0.000000535. The van der Waals surface area contributed by atoms with Crippen LogP contribution in [-0.4, -0.2) is 166 Å².